The van der Waals surface area contributed by atoms with E-state index < -0.39 is 0 Å². The predicted octanol–water partition coefficient (Wildman–Crippen LogP) is 2.45. The second kappa shape index (κ2) is 5.70. The van der Waals surface area contributed by atoms with Crippen LogP contribution in [-0.2, 0) is 0 Å². The predicted molar refractivity (Wildman–Crippen MR) is 66.6 cm³/mol. The minimum absolute atomic E-state index is 0.170. The fraction of sp³-hybridized carbons (Fsp3) is 0.500. The highest BCUT2D eigenvalue weighted by Gasteiger charge is 2.26. The summed E-state index contributed by atoms with van der Waals surface area (Å²) in [5.41, 5.74) is 6.38. The standard InChI is InChI=1S/C14H18N2O/c15-9-11-5-1-3-7-13(11)17-14-8-4-2-6-12(14)10-16/h1,3,5,7,12,14H,2,4,6,8,10,16H2. The molecule has 0 saturated heterocycles. The van der Waals surface area contributed by atoms with Crippen LogP contribution in [0.4, 0.5) is 0 Å². The summed E-state index contributed by atoms with van der Waals surface area (Å²) in [5, 5.41) is 9.02. The van der Waals surface area contributed by atoms with Crippen molar-refractivity contribution in [1.29, 1.82) is 5.26 Å². The van der Waals surface area contributed by atoms with E-state index in [4.69, 9.17) is 15.7 Å². The first-order valence-corrected chi connectivity index (χ1v) is 6.21. The molecule has 2 atom stereocenters. The number of rotatable bonds is 3. The molecule has 0 radical (unpaired) electrons. The maximum Gasteiger partial charge on any atom is 0.137 e. The van der Waals surface area contributed by atoms with Crippen molar-refractivity contribution >= 4 is 0 Å². The van der Waals surface area contributed by atoms with Crippen molar-refractivity contribution in [2.45, 2.75) is 31.8 Å². The van der Waals surface area contributed by atoms with E-state index in [-0.39, 0.29) is 6.10 Å². The molecular formula is C14H18N2O. The van der Waals surface area contributed by atoms with Gasteiger partial charge in [-0.3, -0.25) is 0 Å². The van der Waals surface area contributed by atoms with E-state index >= 15 is 0 Å². The first kappa shape index (κ1) is 11.9. The van der Waals surface area contributed by atoms with Gasteiger partial charge in [0.2, 0.25) is 0 Å². The molecule has 3 nitrogen and oxygen atoms in total. The lowest BCUT2D eigenvalue weighted by molar-refractivity contribution is 0.0967. The van der Waals surface area contributed by atoms with Crippen molar-refractivity contribution in [3.63, 3.8) is 0 Å². The summed E-state index contributed by atoms with van der Waals surface area (Å²) in [4.78, 5) is 0. The van der Waals surface area contributed by atoms with Crippen molar-refractivity contribution in [3.05, 3.63) is 29.8 Å². The van der Waals surface area contributed by atoms with Crippen LogP contribution >= 0.6 is 0 Å². The molecule has 1 aromatic carbocycles. The summed E-state index contributed by atoms with van der Waals surface area (Å²) in [6.45, 7) is 0.666. The van der Waals surface area contributed by atoms with Gasteiger partial charge < -0.3 is 10.5 Å². The van der Waals surface area contributed by atoms with E-state index in [1.807, 2.05) is 18.2 Å². The molecule has 1 aliphatic rings. The monoisotopic (exact) mass is 230 g/mol. The van der Waals surface area contributed by atoms with Crippen LogP contribution in [0.5, 0.6) is 5.75 Å². The Bertz CT molecular complexity index is 411. The number of nitrogens with zero attached hydrogens (tertiary/aromatic N) is 1. The second-order valence-electron chi connectivity index (χ2n) is 4.54. The van der Waals surface area contributed by atoms with Crippen LogP contribution in [0.1, 0.15) is 31.2 Å². The lowest BCUT2D eigenvalue weighted by Crippen LogP contribution is -2.35. The number of hydrogen-bond acceptors (Lipinski definition) is 3. The summed E-state index contributed by atoms with van der Waals surface area (Å²) in [6, 6.07) is 9.56. The molecule has 90 valence electrons. The molecule has 2 unspecified atom stereocenters. The van der Waals surface area contributed by atoms with E-state index in [0.717, 1.165) is 12.8 Å². The highest BCUT2D eigenvalue weighted by atomic mass is 16.5. The molecule has 1 aliphatic carbocycles. The van der Waals surface area contributed by atoms with Gasteiger partial charge in [0, 0.05) is 5.92 Å². The minimum atomic E-state index is 0.170. The van der Waals surface area contributed by atoms with E-state index in [0.29, 0.717) is 23.8 Å². The number of nitriles is 1. The topological polar surface area (TPSA) is 59.0 Å². The molecule has 3 heteroatoms. The molecular weight excluding hydrogens is 212 g/mol. The number of benzene rings is 1. The van der Waals surface area contributed by atoms with Gasteiger partial charge in [0.05, 0.1) is 5.56 Å². The summed E-state index contributed by atoms with van der Waals surface area (Å²) in [7, 11) is 0. The molecule has 1 fully saturated rings. The summed E-state index contributed by atoms with van der Waals surface area (Å²) >= 11 is 0. The molecule has 0 aromatic heterocycles. The first-order valence-electron chi connectivity index (χ1n) is 6.21. The van der Waals surface area contributed by atoms with Crippen LogP contribution in [0.15, 0.2) is 24.3 Å². The molecule has 0 bridgehead atoms. The van der Waals surface area contributed by atoms with Gasteiger partial charge in [0.25, 0.3) is 0 Å². The molecule has 1 aromatic rings. The summed E-state index contributed by atoms with van der Waals surface area (Å²) in [5.74, 6) is 1.12. The summed E-state index contributed by atoms with van der Waals surface area (Å²) < 4.78 is 5.98. The maximum absolute atomic E-state index is 9.02. The van der Waals surface area contributed by atoms with E-state index in [9.17, 15) is 0 Å². The van der Waals surface area contributed by atoms with Gasteiger partial charge in [0.1, 0.15) is 17.9 Å². The second-order valence-corrected chi connectivity index (χ2v) is 4.54. The van der Waals surface area contributed by atoms with Crippen molar-refractivity contribution in [1.82, 2.24) is 0 Å². The Morgan fingerprint density at radius 2 is 2.06 bits per heavy atom. The quantitative estimate of drug-likeness (QED) is 0.867. The highest BCUT2D eigenvalue weighted by molar-refractivity contribution is 5.42. The summed E-state index contributed by atoms with van der Waals surface area (Å²) in [6.07, 6.45) is 4.78. The number of hydrogen-bond donors (Lipinski definition) is 1. The smallest absolute Gasteiger partial charge is 0.137 e. The molecule has 0 heterocycles. The van der Waals surface area contributed by atoms with Crippen molar-refractivity contribution in [2.75, 3.05) is 6.54 Å². The Hall–Kier alpha value is -1.53. The highest BCUT2D eigenvalue weighted by Crippen LogP contribution is 2.29. The van der Waals surface area contributed by atoms with E-state index in [1.165, 1.54) is 12.8 Å². The largest absolute Gasteiger partial charge is 0.489 e. The van der Waals surface area contributed by atoms with Crippen molar-refractivity contribution < 1.29 is 4.74 Å². The number of nitrogens with two attached hydrogens (primary N) is 1. The fourth-order valence-corrected chi connectivity index (χ4v) is 2.42. The zero-order valence-electron chi connectivity index (χ0n) is 9.93. The Morgan fingerprint density at radius 3 is 2.82 bits per heavy atom. The molecule has 0 amide bonds. The Labute approximate surface area is 102 Å². The fourth-order valence-electron chi connectivity index (χ4n) is 2.42. The van der Waals surface area contributed by atoms with Crippen molar-refractivity contribution in [2.24, 2.45) is 11.7 Å². The average Bonchev–Trinajstić information content (AvgIpc) is 2.40. The zero-order valence-corrected chi connectivity index (χ0v) is 9.93. The van der Waals surface area contributed by atoms with Gasteiger partial charge in [0.15, 0.2) is 0 Å². The molecule has 2 rings (SSSR count). The van der Waals surface area contributed by atoms with Gasteiger partial charge in [-0.2, -0.15) is 5.26 Å². The molecule has 1 saturated carbocycles. The van der Waals surface area contributed by atoms with Gasteiger partial charge in [-0.05, 0) is 37.9 Å². The number of ether oxygens (including phenoxy) is 1. The molecule has 17 heavy (non-hydrogen) atoms. The van der Waals surface area contributed by atoms with E-state index in [2.05, 4.69) is 6.07 Å². The third-order valence-electron chi connectivity index (χ3n) is 3.43. The van der Waals surface area contributed by atoms with Crippen LogP contribution in [0.3, 0.4) is 0 Å². The molecule has 2 N–H and O–H groups in total. The van der Waals surface area contributed by atoms with Crippen LogP contribution in [-0.4, -0.2) is 12.6 Å². The Balaban J connectivity index is 2.11. The van der Waals surface area contributed by atoms with Crippen LogP contribution in [0.2, 0.25) is 0 Å². The Kier molecular flexibility index (Phi) is 4.00. The van der Waals surface area contributed by atoms with Crippen LogP contribution in [0.25, 0.3) is 0 Å². The number of para-hydroxylation sites is 1. The van der Waals surface area contributed by atoms with Crippen LogP contribution < -0.4 is 10.5 Å². The van der Waals surface area contributed by atoms with Crippen LogP contribution in [0, 0.1) is 17.2 Å². The van der Waals surface area contributed by atoms with Gasteiger partial charge in [-0.15, -0.1) is 0 Å². The molecule has 0 spiro atoms. The van der Waals surface area contributed by atoms with Crippen molar-refractivity contribution in [3.8, 4) is 11.8 Å². The first-order chi connectivity index (χ1) is 8.35. The Morgan fingerprint density at radius 1 is 1.29 bits per heavy atom. The lowest BCUT2D eigenvalue weighted by Gasteiger charge is -2.31. The molecule has 0 aliphatic heterocycles. The zero-order chi connectivity index (χ0) is 12.1. The average molecular weight is 230 g/mol. The SMILES string of the molecule is N#Cc1ccccc1OC1CCCCC1CN. The van der Waals surface area contributed by atoms with E-state index in [1.54, 1.807) is 6.07 Å². The third kappa shape index (κ3) is 2.78. The van der Waals surface area contributed by atoms with Gasteiger partial charge in [-0.25, -0.2) is 0 Å². The van der Waals surface area contributed by atoms with Gasteiger partial charge in [-0.1, -0.05) is 18.6 Å². The van der Waals surface area contributed by atoms with Gasteiger partial charge >= 0.3 is 0 Å². The minimum Gasteiger partial charge on any atom is -0.489 e. The normalized spacial score (nSPS) is 24.0. The third-order valence-corrected chi connectivity index (χ3v) is 3.43. The lowest BCUT2D eigenvalue weighted by atomic mass is 9.86. The maximum atomic E-state index is 9.02.